The van der Waals surface area contributed by atoms with Crippen LogP contribution in [0.3, 0.4) is 0 Å². The highest BCUT2D eigenvalue weighted by Gasteiger charge is 2.10. The van der Waals surface area contributed by atoms with Crippen molar-refractivity contribution in [2.75, 3.05) is 0 Å². The van der Waals surface area contributed by atoms with Crippen molar-refractivity contribution in [2.24, 2.45) is 5.92 Å². The summed E-state index contributed by atoms with van der Waals surface area (Å²) in [5.74, 6) is 0.842. The van der Waals surface area contributed by atoms with Crippen LogP contribution in [0.25, 0.3) is 0 Å². The van der Waals surface area contributed by atoms with E-state index < -0.39 is 0 Å². The zero-order chi connectivity index (χ0) is 8.10. The predicted molar refractivity (Wildman–Crippen MR) is 47.4 cm³/mol. The molecule has 1 aliphatic rings. The van der Waals surface area contributed by atoms with Crippen LogP contribution in [-0.4, -0.2) is 11.2 Å². The lowest BCUT2D eigenvalue weighted by Gasteiger charge is -2.17. The largest absolute Gasteiger partial charge is 0.393 e. The van der Waals surface area contributed by atoms with Crippen LogP contribution >= 0.6 is 0 Å². The lowest BCUT2D eigenvalue weighted by molar-refractivity contribution is 0.172. The highest BCUT2D eigenvalue weighted by molar-refractivity contribution is 4.89. The Hall–Kier alpha value is -0.300. The molecule has 1 N–H and O–H groups in total. The average molecular weight is 154 g/mol. The number of hydrogen-bond acceptors (Lipinski definition) is 1. The zero-order valence-corrected chi connectivity index (χ0v) is 7.29. The van der Waals surface area contributed by atoms with Gasteiger partial charge in [-0.1, -0.05) is 12.2 Å². The van der Waals surface area contributed by atoms with E-state index in [0.717, 1.165) is 12.3 Å². The van der Waals surface area contributed by atoms with Crippen LogP contribution in [0.2, 0.25) is 0 Å². The summed E-state index contributed by atoms with van der Waals surface area (Å²) in [7, 11) is 0. The molecule has 0 aromatic heterocycles. The molecule has 0 saturated carbocycles. The van der Waals surface area contributed by atoms with Crippen molar-refractivity contribution in [3.63, 3.8) is 0 Å². The zero-order valence-electron chi connectivity index (χ0n) is 7.29. The topological polar surface area (TPSA) is 20.2 Å². The first-order chi connectivity index (χ1) is 5.29. The van der Waals surface area contributed by atoms with Gasteiger partial charge in [0.15, 0.2) is 0 Å². The summed E-state index contributed by atoms with van der Waals surface area (Å²) in [6.45, 7) is 1.87. The molecular formula is C10H18O. The fourth-order valence-corrected chi connectivity index (χ4v) is 1.60. The first kappa shape index (κ1) is 8.79. The normalized spacial score (nSPS) is 26.9. The summed E-state index contributed by atoms with van der Waals surface area (Å²) in [5.41, 5.74) is 0. The van der Waals surface area contributed by atoms with Gasteiger partial charge in [0.1, 0.15) is 0 Å². The van der Waals surface area contributed by atoms with Gasteiger partial charge in [0.2, 0.25) is 0 Å². The van der Waals surface area contributed by atoms with Gasteiger partial charge in [-0.05, 0) is 44.9 Å². The molecule has 0 fully saturated rings. The van der Waals surface area contributed by atoms with E-state index in [-0.39, 0.29) is 6.10 Å². The third-order valence-electron chi connectivity index (χ3n) is 2.37. The smallest absolute Gasteiger partial charge is 0.0512 e. The van der Waals surface area contributed by atoms with E-state index in [9.17, 15) is 0 Å². The molecule has 2 atom stereocenters. The Morgan fingerprint density at radius 1 is 1.55 bits per heavy atom. The van der Waals surface area contributed by atoms with Crippen molar-refractivity contribution in [3.05, 3.63) is 12.2 Å². The van der Waals surface area contributed by atoms with Crippen LogP contribution < -0.4 is 0 Å². The van der Waals surface area contributed by atoms with Crippen LogP contribution in [0, 0.1) is 5.92 Å². The highest BCUT2D eigenvalue weighted by Crippen LogP contribution is 2.23. The summed E-state index contributed by atoms with van der Waals surface area (Å²) in [5, 5.41) is 9.06. The minimum absolute atomic E-state index is 0.110. The maximum absolute atomic E-state index is 9.06. The molecule has 0 aromatic carbocycles. The monoisotopic (exact) mass is 154 g/mol. The first-order valence-corrected chi connectivity index (χ1v) is 4.62. The number of aliphatic hydroxyl groups excluding tert-OH is 1. The molecule has 0 spiro atoms. The van der Waals surface area contributed by atoms with Gasteiger partial charge >= 0.3 is 0 Å². The van der Waals surface area contributed by atoms with Crippen molar-refractivity contribution in [1.82, 2.24) is 0 Å². The summed E-state index contributed by atoms with van der Waals surface area (Å²) in [6.07, 6.45) is 10.4. The van der Waals surface area contributed by atoms with Gasteiger partial charge in [0.05, 0.1) is 6.10 Å². The summed E-state index contributed by atoms with van der Waals surface area (Å²) < 4.78 is 0. The summed E-state index contributed by atoms with van der Waals surface area (Å²) in [6, 6.07) is 0. The maximum Gasteiger partial charge on any atom is 0.0512 e. The lowest BCUT2D eigenvalue weighted by Crippen LogP contribution is -2.07. The quantitative estimate of drug-likeness (QED) is 0.619. The summed E-state index contributed by atoms with van der Waals surface area (Å²) in [4.78, 5) is 0. The van der Waals surface area contributed by atoms with Crippen molar-refractivity contribution < 1.29 is 5.11 Å². The molecule has 1 heteroatoms. The molecule has 0 radical (unpaired) electrons. The molecule has 11 heavy (non-hydrogen) atoms. The van der Waals surface area contributed by atoms with E-state index in [2.05, 4.69) is 12.2 Å². The van der Waals surface area contributed by atoms with E-state index in [1.807, 2.05) is 6.92 Å². The van der Waals surface area contributed by atoms with Crippen molar-refractivity contribution in [1.29, 1.82) is 0 Å². The minimum atomic E-state index is -0.110. The maximum atomic E-state index is 9.06. The van der Waals surface area contributed by atoms with Gasteiger partial charge in [-0.2, -0.15) is 0 Å². The Kier molecular flexibility index (Phi) is 3.64. The molecule has 0 amide bonds. The first-order valence-electron chi connectivity index (χ1n) is 4.62. The van der Waals surface area contributed by atoms with Crippen LogP contribution in [0.5, 0.6) is 0 Å². The fraction of sp³-hybridized carbons (Fsp3) is 0.800. The molecule has 64 valence electrons. The molecule has 0 aliphatic heterocycles. The molecule has 0 bridgehead atoms. The molecule has 0 unspecified atom stereocenters. The second-order valence-corrected chi connectivity index (χ2v) is 3.58. The Bertz CT molecular complexity index is 127. The number of rotatable bonds is 3. The molecule has 0 heterocycles. The Morgan fingerprint density at radius 3 is 2.91 bits per heavy atom. The van der Waals surface area contributed by atoms with E-state index in [1.165, 1.54) is 25.7 Å². The second-order valence-electron chi connectivity index (χ2n) is 3.58. The van der Waals surface area contributed by atoms with E-state index >= 15 is 0 Å². The third-order valence-corrected chi connectivity index (χ3v) is 2.37. The number of allylic oxidation sites excluding steroid dienone is 2. The Balaban J connectivity index is 2.11. The molecule has 1 aliphatic carbocycles. The number of aliphatic hydroxyl groups is 1. The van der Waals surface area contributed by atoms with Crippen molar-refractivity contribution in [3.8, 4) is 0 Å². The molecule has 1 rings (SSSR count). The average Bonchev–Trinajstić information content (AvgIpc) is 2.03. The van der Waals surface area contributed by atoms with Crippen LogP contribution in [0.15, 0.2) is 12.2 Å². The predicted octanol–water partition coefficient (Wildman–Crippen LogP) is 2.50. The van der Waals surface area contributed by atoms with E-state index in [1.54, 1.807) is 0 Å². The van der Waals surface area contributed by atoms with E-state index in [4.69, 9.17) is 5.11 Å². The van der Waals surface area contributed by atoms with Crippen molar-refractivity contribution in [2.45, 2.75) is 45.1 Å². The van der Waals surface area contributed by atoms with Crippen LogP contribution in [0.1, 0.15) is 39.0 Å². The standard InChI is InChI=1S/C10H18O/c1-9(11)7-8-10-5-3-2-4-6-10/h2-3,9-11H,4-8H2,1H3/t9-,10+/m1/s1. The lowest BCUT2D eigenvalue weighted by atomic mass is 9.89. The highest BCUT2D eigenvalue weighted by atomic mass is 16.3. The fourth-order valence-electron chi connectivity index (χ4n) is 1.60. The van der Waals surface area contributed by atoms with Gasteiger partial charge in [-0.3, -0.25) is 0 Å². The second kappa shape index (κ2) is 4.55. The molecule has 0 saturated heterocycles. The molecule has 0 aromatic rings. The van der Waals surface area contributed by atoms with Gasteiger partial charge in [0.25, 0.3) is 0 Å². The third kappa shape index (κ3) is 3.57. The van der Waals surface area contributed by atoms with Gasteiger partial charge < -0.3 is 5.11 Å². The van der Waals surface area contributed by atoms with Gasteiger partial charge in [0, 0.05) is 0 Å². The van der Waals surface area contributed by atoms with Crippen LogP contribution in [-0.2, 0) is 0 Å². The van der Waals surface area contributed by atoms with E-state index in [0.29, 0.717) is 0 Å². The molecule has 1 nitrogen and oxygen atoms in total. The SMILES string of the molecule is C[C@@H](O)CC[C@H]1CC=CCC1. The summed E-state index contributed by atoms with van der Waals surface area (Å²) >= 11 is 0. The van der Waals surface area contributed by atoms with Gasteiger partial charge in [-0.25, -0.2) is 0 Å². The minimum Gasteiger partial charge on any atom is -0.393 e. The van der Waals surface area contributed by atoms with Gasteiger partial charge in [-0.15, -0.1) is 0 Å². The Labute approximate surface area is 69.1 Å². The van der Waals surface area contributed by atoms with Crippen molar-refractivity contribution >= 4 is 0 Å². The Morgan fingerprint density at radius 2 is 2.36 bits per heavy atom. The molecular weight excluding hydrogens is 136 g/mol. The number of hydrogen-bond donors (Lipinski definition) is 1. The van der Waals surface area contributed by atoms with Crippen LogP contribution in [0.4, 0.5) is 0 Å².